The first-order valence-electron chi connectivity index (χ1n) is 10.7. The lowest BCUT2D eigenvalue weighted by Gasteiger charge is -2.30. The van der Waals surface area contributed by atoms with E-state index in [1.165, 1.54) is 11.1 Å². The van der Waals surface area contributed by atoms with E-state index in [1.54, 1.807) is 24.3 Å². The molecule has 30 heavy (non-hydrogen) atoms. The molecule has 0 aromatic heterocycles. The first-order chi connectivity index (χ1) is 14.5. The number of benzene rings is 2. The molecule has 1 unspecified atom stereocenters. The molecule has 6 nitrogen and oxygen atoms in total. The van der Waals surface area contributed by atoms with E-state index in [4.69, 9.17) is 4.74 Å². The summed E-state index contributed by atoms with van der Waals surface area (Å²) in [5, 5.41) is 16.5. The summed E-state index contributed by atoms with van der Waals surface area (Å²) in [5.41, 5.74) is 3.27. The Morgan fingerprint density at radius 2 is 1.87 bits per heavy atom. The van der Waals surface area contributed by atoms with E-state index in [0.717, 1.165) is 31.8 Å². The van der Waals surface area contributed by atoms with Crippen molar-refractivity contribution in [2.45, 2.75) is 39.0 Å². The van der Waals surface area contributed by atoms with E-state index in [1.807, 2.05) is 0 Å². The van der Waals surface area contributed by atoms with Gasteiger partial charge in [-0.05, 0) is 41.8 Å². The highest BCUT2D eigenvalue weighted by Gasteiger charge is 2.19. The van der Waals surface area contributed by atoms with Gasteiger partial charge in [0.2, 0.25) is 0 Å². The Bertz CT molecular complexity index is 808. The highest BCUT2D eigenvalue weighted by Crippen LogP contribution is 2.18. The van der Waals surface area contributed by atoms with Crippen LogP contribution in [0.1, 0.15) is 35.3 Å². The molecule has 0 spiro atoms. The number of aliphatic hydroxyl groups is 1. The maximum atomic E-state index is 12.4. The van der Waals surface area contributed by atoms with Crippen LogP contribution < -0.4 is 15.4 Å². The number of carbonyl (C=O) groups is 1. The second-order valence-corrected chi connectivity index (χ2v) is 8.10. The lowest BCUT2D eigenvalue weighted by Crippen LogP contribution is -2.42. The first-order valence-corrected chi connectivity index (χ1v) is 10.7. The highest BCUT2D eigenvalue weighted by molar-refractivity contribution is 5.94. The summed E-state index contributed by atoms with van der Waals surface area (Å²) in [4.78, 5) is 14.6. The van der Waals surface area contributed by atoms with Crippen LogP contribution in [0.15, 0.2) is 48.5 Å². The average molecular weight is 412 g/mol. The minimum Gasteiger partial charge on any atom is -0.492 e. The van der Waals surface area contributed by atoms with E-state index >= 15 is 0 Å². The summed E-state index contributed by atoms with van der Waals surface area (Å²) < 4.78 is 5.66. The van der Waals surface area contributed by atoms with Crippen molar-refractivity contribution in [3.8, 4) is 5.75 Å². The standard InChI is InChI=1S/C24H33N3O3/c1-18(2)25-12-14-30-23-9-7-20(8-10-23)24(29)26-15-22(28)17-27-13-11-19-5-3-4-6-21(19)16-27/h3-10,18,22,25,28H,11-17H2,1-2H3,(H,26,29). The number of fused-ring (bicyclic) bond motifs is 1. The van der Waals surface area contributed by atoms with Gasteiger partial charge in [-0.2, -0.15) is 0 Å². The molecule has 0 aliphatic carbocycles. The van der Waals surface area contributed by atoms with Gasteiger partial charge in [-0.25, -0.2) is 0 Å². The summed E-state index contributed by atoms with van der Waals surface area (Å²) >= 11 is 0. The van der Waals surface area contributed by atoms with Crippen LogP contribution >= 0.6 is 0 Å². The summed E-state index contributed by atoms with van der Waals surface area (Å²) in [6, 6.07) is 16.0. The molecule has 1 atom stereocenters. The van der Waals surface area contributed by atoms with E-state index in [9.17, 15) is 9.90 Å². The number of amides is 1. The van der Waals surface area contributed by atoms with Crippen LogP contribution in [0.5, 0.6) is 5.75 Å². The molecule has 1 aliphatic heterocycles. The molecule has 6 heteroatoms. The van der Waals surface area contributed by atoms with Gasteiger partial charge in [0.25, 0.3) is 5.91 Å². The van der Waals surface area contributed by atoms with Crippen LogP contribution in [0.4, 0.5) is 0 Å². The van der Waals surface area contributed by atoms with Crippen molar-refractivity contribution in [3.63, 3.8) is 0 Å². The van der Waals surface area contributed by atoms with Gasteiger partial charge >= 0.3 is 0 Å². The van der Waals surface area contributed by atoms with Crippen molar-refractivity contribution in [1.29, 1.82) is 0 Å². The van der Waals surface area contributed by atoms with Gasteiger partial charge in [0.15, 0.2) is 0 Å². The van der Waals surface area contributed by atoms with Crippen molar-refractivity contribution in [2.24, 2.45) is 0 Å². The molecule has 0 radical (unpaired) electrons. The topological polar surface area (TPSA) is 73.8 Å². The maximum Gasteiger partial charge on any atom is 0.251 e. The number of nitrogens with one attached hydrogen (secondary N) is 2. The smallest absolute Gasteiger partial charge is 0.251 e. The molecule has 1 heterocycles. The van der Waals surface area contributed by atoms with E-state index < -0.39 is 6.10 Å². The number of carbonyl (C=O) groups excluding carboxylic acids is 1. The third-order valence-electron chi connectivity index (χ3n) is 5.22. The van der Waals surface area contributed by atoms with E-state index in [-0.39, 0.29) is 12.5 Å². The number of hydrogen-bond acceptors (Lipinski definition) is 5. The maximum absolute atomic E-state index is 12.4. The van der Waals surface area contributed by atoms with Crippen molar-refractivity contribution < 1.29 is 14.6 Å². The van der Waals surface area contributed by atoms with Crippen LogP contribution in [-0.4, -0.2) is 60.8 Å². The first kappa shape index (κ1) is 22.3. The SMILES string of the molecule is CC(C)NCCOc1ccc(C(=O)NCC(O)CN2CCc3ccccc3C2)cc1. The molecular weight excluding hydrogens is 378 g/mol. The predicted molar refractivity (Wildman–Crippen MR) is 119 cm³/mol. The molecule has 2 aromatic rings. The van der Waals surface area contributed by atoms with E-state index in [0.29, 0.717) is 24.8 Å². The summed E-state index contributed by atoms with van der Waals surface area (Å²) in [6.07, 6.45) is 0.396. The van der Waals surface area contributed by atoms with Crippen LogP contribution in [0.2, 0.25) is 0 Å². The summed E-state index contributed by atoms with van der Waals surface area (Å²) in [7, 11) is 0. The molecular formula is C24H33N3O3. The van der Waals surface area contributed by atoms with Crippen molar-refractivity contribution >= 4 is 5.91 Å². The number of ether oxygens (including phenoxy) is 1. The predicted octanol–water partition coefficient (Wildman–Crippen LogP) is 2.21. The van der Waals surface area contributed by atoms with E-state index in [2.05, 4.69) is 53.6 Å². The number of rotatable bonds is 10. The van der Waals surface area contributed by atoms with Crippen molar-refractivity contribution in [3.05, 3.63) is 65.2 Å². The molecule has 0 fully saturated rings. The minimum atomic E-state index is -0.602. The van der Waals surface area contributed by atoms with Gasteiger partial charge in [-0.15, -0.1) is 0 Å². The summed E-state index contributed by atoms with van der Waals surface area (Å²) in [6.45, 7) is 8.09. The van der Waals surface area contributed by atoms with Crippen molar-refractivity contribution in [1.82, 2.24) is 15.5 Å². The van der Waals surface area contributed by atoms with Gasteiger partial charge < -0.3 is 20.5 Å². The number of nitrogens with zero attached hydrogens (tertiary/aromatic N) is 1. The quantitative estimate of drug-likeness (QED) is 0.523. The Morgan fingerprint density at radius 1 is 1.13 bits per heavy atom. The minimum absolute atomic E-state index is 0.189. The van der Waals surface area contributed by atoms with Gasteiger partial charge in [0.1, 0.15) is 12.4 Å². The Kier molecular flexibility index (Phi) is 8.25. The largest absolute Gasteiger partial charge is 0.492 e. The van der Waals surface area contributed by atoms with Crippen LogP contribution in [0, 0.1) is 0 Å². The fourth-order valence-electron chi connectivity index (χ4n) is 3.60. The third kappa shape index (κ3) is 6.83. The second kappa shape index (κ2) is 11.1. The molecule has 3 rings (SSSR count). The lowest BCUT2D eigenvalue weighted by molar-refractivity contribution is 0.0842. The second-order valence-electron chi connectivity index (χ2n) is 8.10. The molecule has 1 amide bonds. The Labute approximate surface area is 179 Å². The fraction of sp³-hybridized carbons (Fsp3) is 0.458. The van der Waals surface area contributed by atoms with Crippen molar-refractivity contribution in [2.75, 3.05) is 32.8 Å². The molecule has 1 aliphatic rings. The lowest BCUT2D eigenvalue weighted by atomic mass is 10.00. The molecule has 2 aromatic carbocycles. The van der Waals surface area contributed by atoms with Gasteiger partial charge in [-0.1, -0.05) is 38.1 Å². The van der Waals surface area contributed by atoms with Crippen LogP contribution in [0.25, 0.3) is 0 Å². The van der Waals surface area contributed by atoms with Gasteiger partial charge in [0.05, 0.1) is 6.10 Å². The van der Waals surface area contributed by atoms with Crippen LogP contribution in [0.3, 0.4) is 0 Å². The Morgan fingerprint density at radius 3 is 2.60 bits per heavy atom. The number of β-amino-alcohol motifs (C(OH)–C–C–N with tert-alkyl or cyclic N) is 1. The molecule has 162 valence electrons. The third-order valence-corrected chi connectivity index (χ3v) is 5.22. The fourth-order valence-corrected chi connectivity index (χ4v) is 3.60. The molecule has 3 N–H and O–H groups in total. The molecule has 0 bridgehead atoms. The Hall–Kier alpha value is -2.41. The van der Waals surface area contributed by atoms with Gasteiger partial charge in [0, 0.05) is 44.3 Å². The summed E-state index contributed by atoms with van der Waals surface area (Å²) in [5.74, 6) is 0.550. The number of aliphatic hydroxyl groups excluding tert-OH is 1. The zero-order valence-electron chi connectivity index (χ0n) is 17.9. The molecule has 0 saturated heterocycles. The zero-order valence-corrected chi connectivity index (χ0v) is 17.9. The molecule has 0 saturated carbocycles. The Balaban J connectivity index is 1.38. The highest BCUT2D eigenvalue weighted by atomic mass is 16.5. The normalized spacial score (nSPS) is 14.9. The van der Waals surface area contributed by atoms with Crippen LogP contribution in [-0.2, 0) is 13.0 Å². The average Bonchev–Trinajstić information content (AvgIpc) is 2.75. The monoisotopic (exact) mass is 411 g/mol. The zero-order chi connectivity index (χ0) is 21.3. The number of hydrogen-bond donors (Lipinski definition) is 3. The van der Waals surface area contributed by atoms with Gasteiger partial charge in [-0.3, -0.25) is 9.69 Å².